The van der Waals surface area contributed by atoms with Gasteiger partial charge in [0.15, 0.2) is 5.78 Å². The number of aromatic amines is 1. The molecule has 0 radical (unpaired) electrons. The van der Waals surface area contributed by atoms with E-state index < -0.39 is 0 Å². The lowest BCUT2D eigenvalue weighted by Gasteiger charge is -2.26. The Hall–Kier alpha value is -2.85. The molecule has 0 amide bonds. The van der Waals surface area contributed by atoms with Crippen molar-refractivity contribution in [3.63, 3.8) is 0 Å². The molecule has 0 aliphatic carbocycles. The van der Waals surface area contributed by atoms with Gasteiger partial charge in [-0.25, -0.2) is 0 Å². The Balaban J connectivity index is 1.55. The number of rotatable bonds is 2. The molecule has 1 aromatic heterocycles. The summed E-state index contributed by atoms with van der Waals surface area (Å²) in [5.41, 5.74) is 3.17. The first-order valence-electron chi connectivity index (χ1n) is 9.09. The molecule has 7 heteroatoms. The van der Waals surface area contributed by atoms with Crippen molar-refractivity contribution in [1.82, 2.24) is 4.98 Å². The maximum absolute atomic E-state index is 12.0. The first kappa shape index (κ1) is 17.6. The number of nitriles is 1. The molecule has 1 saturated heterocycles. The van der Waals surface area contributed by atoms with Crippen LogP contribution in [0.1, 0.15) is 28.8 Å². The third-order valence-electron chi connectivity index (χ3n) is 5.10. The van der Waals surface area contributed by atoms with E-state index in [0.717, 1.165) is 44.0 Å². The molecule has 1 aromatic carbocycles. The number of hydrogen-bond donors (Lipinski definition) is 1. The molecule has 27 heavy (non-hydrogen) atoms. The molecule has 0 saturated carbocycles. The summed E-state index contributed by atoms with van der Waals surface area (Å²) < 4.78 is 6.16. The Morgan fingerprint density at radius 2 is 1.96 bits per heavy atom. The van der Waals surface area contributed by atoms with Crippen LogP contribution >= 0.6 is 12.2 Å². The summed E-state index contributed by atoms with van der Waals surface area (Å²) in [4.78, 5) is 19.4. The van der Waals surface area contributed by atoms with Crippen molar-refractivity contribution in [2.24, 2.45) is 0 Å². The molecule has 0 atom stereocenters. The second kappa shape index (κ2) is 7.41. The molecular formula is C20H20N4O2S. The third kappa shape index (κ3) is 3.40. The quantitative estimate of drug-likeness (QED) is 0.806. The maximum atomic E-state index is 12.0. The van der Waals surface area contributed by atoms with Gasteiger partial charge in [-0.15, -0.1) is 0 Å². The van der Waals surface area contributed by atoms with Crippen LogP contribution in [0.15, 0.2) is 30.5 Å². The Morgan fingerprint density at radius 3 is 2.81 bits per heavy atom. The van der Waals surface area contributed by atoms with Crippen LogP contribution in [0.5, 0.6) is 5.75 Å². The number of anilines is 2. The van der Waals surface area contributed by atoms with Gasteiger partial charge in [0.25, 0.3) is 0 Å². The number of carbonyl (C=O) groups is 1. The predicted molar refractivity (Wildman–Crippen MR) is 106 cm³/mol. The van der Waals surface area contributed by atoms with E-state index in [-0.39, 0.29) is 5.78 Å². The van der Waals surface area contributed by atoms with Crippen LogP contribution in [0.4, 0.5) is 11.4 Å². The Morgan fingerprint density at radius 1 is 1.15 bits per heavy atom. The first-order valence-corrected chi connectivity index (χ1v) is 9.50. The number of pyridine rings is 1. The van der Waals surface area contributed by atoms with E-state index in [1.807, 2.05) is 24.3 Å². The first-order chi connectivity index (χ1) is 13.2. The standard InChI is InChI=1S/C20H20N4O2S/c21-13-16-17(4-6-22-20(16)27)24-8-1-7-23(9-10-24)14-2-3-15-18(25)5-11-26-19(15)12-14/h2-4,6,12H,1,5,7-11H2,(H,22,27). The summed E-state index contributed by atoms with van der Waals surface area (Å²) in [6.45, 7) is 3.84. The van der Waals surface area contributed by atoms with Gasteiger partial charge in [-0.1, -0.05) is 12.2 Å². The molecule has 4 rings (SSSR count). The molecule has 2 aliphatic rings. The van der Waals surface area contributed by atoms with Gasteiger partial charge >= 0.3 is 0 Å². The topological polar surface area (TPSA) is 72.4 Å². The zero-order valence-corrected chi connectivity index (χ0v) is 15.7. The molecule has 0 spiro atoms. The van der Waals surface area contributed by atoms with Gasteiger partial charge in [-0.05, 0) is 24.6 Å². The van der Waals surface area contributed by atoms with E-state index in [9.17, 15) is 10.1 Å². The third-order valence-corrected chi connectivity index (χ3v) is 5.43. The lowest BCUT2D eigenvalue weighted by Crippen LogP contribution is -2.31. The smallest absolute Gasteiger partial charge is 0.169 e. The summed E-state index contributed by atoms with van der Waals surface area (Å²) in [6.07, 6.45) is 3.21. The number of ether oxygens (including phenoxy) is 1. The fraction of sp³-hybridized carbons (Fsp3) is 0.350. The minimum atomic E-state index is 0.148. The van der Waals surface area contributed by atoms with Crippen LogP contribution in [-0.4, -0.2) is 43.6 Å². The van der Waals surface area contributed by atoms with Gasteiger partial charge in [0.05, 0.1) is 17.9 Å². The average Bonchev–Trinajstić information content (AvgIpc) is 2.94. The van der Waals surface area contributed by atoms with Crippen LogP contribution in [0.25, 0.3) is 0 Å². The zero-order valence-electron chi connectivity index (χ0n) is 14.9. The summed E-state index contributed by atoms with van der Waals surface area (Å²) >= 11 is 5.25. The summed E-state index contributed by atoms with van der Waals surface area (Å²) in [5, 5.41) is 9.45. The van der Waals surface area contributed by atoms with Crippen molar-refractivity contribution in [2.75, 3.05) is 42.6 Å². The Labute approximate surface area is 163 Å². The van der Waals surface area contributed by atoms with E-state index in [1.54, 1.807) is 6.20 Å². The maximum Gasteiger partial charge on any atom is 0.169 e. The highest BCUT2D eigenvalue weighted by Gasteiger charge is 2.22. The van der Waals surface area contributed by atoms with E-state index >= 15 is 0 Å². The number of fused-ring (bicyclic) bond motifs is 1. The zero-order chi connectivity index (χ0) is 18.8. The summed E-state index contributed by atoms with van der Waals surface area (Å²) in [6, 6.07) is 9.99. The molecule has 2 aliphatic heterocycles. The molecule has 0 bridgehead atoms. The number of ketones is 1. The fourth-order valence-electron chi connectivity index (χ4n) is 3.70. The van der Waals surface area contributed by atoms with Crippen molar-refractivity contribution in [3.05, 3.63) is 46.2 Å². The number of H-pyrrole nitrogens is 1. The normalized spacial score (nSPS) is 16.9. The number of aromatic nitrogens is 1. The van der Waals surface area contributed by atoms with Crippen molar-refractivity contribution in [3.8, 4) is 11.8 Å². The highest BCUT2D eigenvalue weighted by molar-refractivity contribution is 7.71. The van der Waals surface area contributed by atoms with E-state index in [0.29, 0.717) is 34.5 Å². The number of carbonyl (C=O) groups excluding carboxylic acids is 1. The molecule has 0 unspecified atom stereocenters. The Kier molecular flexibility index (Phi) is 4.82. The van der Waals surface area contributed by atoms with Crippen LogP contribution in [0.2, 0.25) is 0 Å². The molecule has 1 N–H and O–H groups in total. The highest BCUT2D eigenvalue weighted by atomic mass is 32.1. The Bertz CT molecular complexity index is 979. The van der Waals surface area contributed by atoms with Crippen LogP contribution in [0.3, 0.4) is 0 Å². The van der Waals surface area contributed by atoms with E-state index in [1.165, 1.54) is 0 Å². The van der Waals surface area contributed by atoms with Crippen molar-refractivity contribution in [2.45, 2.75) is 12.8 Å². The molecule has 6 nitrogen and oxygen atoms in total. The van der Waals surface area contributed by atoms with Gasteiger partial charge in [0, 0.05) is 50.6 Å². The van der Waals surface area contributed by atoms with Gasteiger partial charge in [-0.2, -0.15) is 5.26 Å². The van der Waals surface area contributed by atoms with E-state index in [4.69, 9.17) is 17.0 Å². The van der Waals surface area contributed by atoms with Crippen LogP contribution < -0.4 is 14.5 Å². The second-order valence-electron chi connectivity index (χ2n) is 6.71. The largest absolute Gasteiger partial charge is 0.492 e. The number of nitrogens with zero attached hydrogens (tertiary/aromatic N) is 3. The number of nitrogens with one attached hydrogen (secondary N) is 1. The minimum absolute atomic E-state index is 0.148. The van der Waals surface area contributed by atoms with Crippen molar-refractivity contribution in [1.29, 1.82) is 5.26 Å². The molecular weight excluding hydrogens is 360 g/mol. The van der Waals surface area contributed by atoms with Gasteiger partial charge in [0.2, 0.25) is 0 Å². The summed E-state index contributed by atoms with van der Waals surface area (Å²) in [5.74, 6) is 0.834. The number of benzene rings is 1. The van der Waals surface area contributed by atoms with Gasteiger partial charge in [-0.3, -0.25) is 4.79 Å². The van der Waals surface area contributed by atoms with Crippen molar-refractivity contribution >= 4 is 29.4 Å². The van der Waals surface area contributed by atoms with Crippen LogP contribution in [-0.2, 0) is 0 Å². The highest BCUT2D eigenvalue weighted by Crippen LogP contribution is 2.30. The fourth-order valence-corrected chi connectivity index (χ4v) is 3.92. The van der Waals surface area contributed by atoms with Crippen molar-refractivity contribution < 1.29 is 9.53 Å². The number of hydrogen-bond acceptors (Lipinski definition) is 6. The number of Topliss-reactive ketones (excluding diaryl/α,β-unsaturated/α-hetero) is 1. The molecule has 3 heterocycles. The monoisotopic (exact) mass is 380 g/mol. The molecule has 1 fully saturated rings. The molecule has 2 aromatic rings. The lowest BCUT2D eigenvalue weighted by atomic mass is 10.0. The molecule has 138 valence electrons. The minimum Gasteiger partial charge on any atom is -0.492 e. The lowest BCUT2D eigenvalue weighted by molar-refractivity contribution is 0.0933. The average molecular weight is 380 g/mol. The van der Waals surface area contributed by atoms with Gasteiger partial charge in [0.1, 0.15) is 22.0 Å². The van der Waals surface area contributed by atoms with E-state index in [2.05, 4.69) is 20.9 Å². The second-order valence-corrected chi connectivity index (χ2v) is 7.12. The SMILES string of the molecule is N#Cc1c(N2CCCN(c3ccc4c(c3)OCCC4=O)CC2)cc[nH]c1=S. The summed E-state index contributed by atoms with van der Waals surface area (Å²) in [7, 11) is 0. The van der Waals surface area contributed by atoms with Gasteiger partial charge < -0.3 is 19.5 Å². The predicted octanol–water partition coefficient (Wildman–Crippen LogP) is 3.30. The van der Waals surface area contributed by atoms with Crippen LogP contribution in [0, 0.1) is 16.0 Å².